The highest BCUT2D eigenvalue weighted by atomic mass is 16.5. The van der Waals surface area contributed by atoms with Crippen LogP contribution in [0.5, 0.6) is 0 Å². The SMILES string of the molecule is Cc1ccc(-c2noc(CN3CCN(C(=O)CCc4cccnc4)CC3)n2)cc1. The number of aryl methyl sites for hydroxylation is 2. The molecule has 3 heterocycles. The Hall–Kier alpha value is -3.06. The molecular formula is C22H25N5O2. The Morgan fingerprint density at radius 2 is 1.90 bits per heavy atom. The lowest BCUT2D eigenvalue weighted by Crippen LogP contribution is -2.48. The molecule has 3 aromatic rings. The first-order valence-corrected chi connectivity index (χ1v) is 9.96. The minimum absolute atomic E-state index is 0.202. The molecule has 0 spiro atoms. The van der Waals surface area contributed by atoms with Gasteiger partial charge in [0, 0.05) is 50.6 Å². The van der Waals surface area contributed by atoms with Gasteiger partial charge < -0.3 is 9.42 Å². The molecule has 7 nitrogen and oxygen atoms in total. The molecule has 29 heavy (non-hydrogen) atoms. The van der Waals surface area contributed by atoms with E-state index in [1.54, 1.807) is 6.20 Å². The summed E-state index contributed by atoms with van der Waals surface area (Å²) in [6, 6.07) is 12.0. The summed E-state index contributed by atoms with van der Waals surface area (Å²) in [5.74, 6) is 1.43. The maximum Gasteiger partial charge on any atom is 0.241 e. The zero-order chi connectivity index (χ0) is 20.1. The number of amides is 1. The van der Waals surface area contributed by atoms with Crippen molar-refractivity contribution in [3.05, 3.63) is 65.8 Å². The largest absolute Gasteiger partial charge is 0.340 e. The van der Waals surface area contributed by atoms with E-state index in [2.05, 4.69) is 26.9 Å². The molecule has 4 rings (SSSR count). The fourth-order valence-electron chi connectivity index (χ4n) is 3.44. The van der Waals surface area contributed by atoms with Crippen molar-refractivity contribution >= 4 is 5.91 Å². The van der Waals surface area contributed by atoms with Crippen molar-refractivity contribution in [1.29, 1.82) is 0 Å². The molecule has 1 aliphatic rings. The summed E-state index contributed by atoms with van der Waals surface area (Å²) < 4.78 is 5.42. The number of hydrogen-bond acceptors (Lipinski definition) is 6. The summed E-state index contributed by atoms with van der Waals surface area (Å²) in [4.78, 5) is 25.3. The van der Waals surface area contributed by atoms with Crippen molar-refractivity contribution in [3.63, 3.8) is 0 Å². The monoisotopic (exact) mass is 391 g/mol. The minimum atomic E-state index is 0.202. The lowest BCUT2D eigenvalue weighted by atomic mass is 10.1. The number of aromatic nitrogens is 3. The Morgan fingerprint density at radius 1 is 1.10 bits per heavy atom. The molecule has 1 amide bonds. The van der Waals surface area contributed by atoms with Gasteiger partial charge in [0.25, 0.3) is 0 Å². The predicted octanol–water partition coefficient (Wildman–Crippen LogP) is 2.72. The van der Waals surface area contributed by atoms with Gasteiger partial charge in [-0.15, -0.1) is 0 Å². The topological polar surface area (TPSA) is 75.4 Å². The highest BCUT2D eigenvalue weighted by Gasteiger charge is 2.22. The summed E-state index contributed by atoms with van der Waals surface area (Å²) in [6.07, 6.45) is 4.82. The van der Waals surface area contributed by atoms with Crippen molar-refractivity contribution in [3.8, 4) is 11.4 Å². The maximum atomic E-state index is 12.5. The molecule has 7 heteroatoms. The number of rotatable bonds is 6. The number of carbonyl (C=O) groups excluding carboxylic acids is 1. The van der Waals surface area contributed by atoms with Crippen LogP contribution < -0.4 is 0 Å². The van der Waals surface area contributed by atoms with E-state index in [1.165, 1.54) is 5.56 Å². The van der Waals surface area contributed by atoms with Gasteiger partial charge in [0.05, 0.1) is 6.54 Å². The molecule has 150 valence electrons. The van der Waals surface area contributed by atoms with Crippen molar-refractivity contribution in [1.82, 2.24) is 24.9 Å². The lowest BCUT2D eigenvalue weighted by Gasteiger charge is -2.34. The number of pyridine rings is 1. The van der Waals surface area contributed by atoms with E-state index in [0.29, 0.717) is 24.7 Å². The second-order valence-electron chi connectivity index (χ2n) is 7.40. The summed E-state index contributed by atoms with van der Waals surface area (Å²) >= 11 is 0. The van der Waals surface area contributed by atoms with E-state index in [0.717, 1.165) is 43.7 Å². The van der Waals surface area contributed by atoms with E-state index in [-0.39, 0.29) is 5.91 Å². The standard InChI is InChI=1S/C22H25N5O2/c1-17-4-7-19(8-5-17)22-24-20(29-25-22)16-26-11-13-27(14-12-26)21(28)9-6-18-3-2-10-23-15-18/h2-5,7-8,10,15H,6,9,11-14,16H2,1H3. The van der Waals surface area contributed by atoms with Crippen molar-refractivity contribution in [2.45, 2.75) is 26.3 Å². The molecule has 0 atom stereocenters. The first-order valence-electron chi connectivity index (χ1n) is 9.96. The Morgan fingerprint density at radius 3 is 2.62 bits per heavy atom. The van der Waals surface area contributed by atoms with Crippen LogP contribution in [-0.2, 0) is 17.8 Å². The summed E-state index contributed by atoms with van der Waals surface area (Å²) in [5.41, 5.74) is 3.25. The molecule has 1 aliphatic heterocycles. The van der Waals surface area contributed by atoms with Crippen LogP contribution in [0.15, 0.2) is 53.3 Å². The second-order valence-corrected chi connectivity index (χ2v) is 7.40. The van der Waals surface area contributed by atoms with Gasteiger partial charge in [0.2, 0.25) is 17.6 Å². The summed E-state index contributed by atoms with van der Waals surface area (Å²) in [7, 11) is 0. The smallest absolute Gasteiger partial charge is 0.241 e. The zero-order valence-corrected chi connectivity index (χ0v) is 16.6. The fraction of sp³-hybridized carbons (Fsp3) is 0.364. The van der Waals surface area contributed by atoms with Gasteiger partial charge in [0.15, 0.2) is 0 Å². The van der Waals surface area contributed by atoms with Gasteiger partial charge in [-0.25, -0.2) is 0 Å². The predicted molar refractivity (Wildman–Crippen MR) is 109 cm³/mol. The second kappa shape index (κ2) is 8.96. The van der Waals surface area contributed by atoms with Gasteiger partial charge in [-0.2, -0.15) is 4.98 Å². The number of piperazine rings is 1. The third-order valence-electron chi connectivity index (χ3n) is 5.21. The highest BCUT2D eigenvalue weighted by Crippen LogP contribution is 2.17. The van der Waals surface area contributed by atoms with Crippen LogP contribution in [0.1, 0.15) is 23.4 Å². The van der Waals surface area contributed by atoms with Gasteiger partial charge in [-0.05, 0) is 25.0 Å². The fourth-order valence-corrected chi connectivity index (χ4v) is 3.44. The molecule has 0 bridgehead atoms. The number of hydrogen-bond donors (Lipinski definition) is 0. The first-order chi connectivity index (χ1) is 14.2. The summed E-state index contributed by atoms with van der Waals surface area (Å²) in [6.45, 7) is 5.72. The van der Waals surface area contributed by atoms with Crippen LogP contribution in [0.4, 0.5) is 0 Å². The van der Waals surface area contributed by atoms with Crippen molar-refractivity contribution in [2.24, 2.45) is 0 Å². The van der Waals surface area contributed by atoms with E-state index in [4.69, 9.17) is 4.52 Å². The Bertz CT molecular complexity index is 931. The Labute approximate surface area is 170 Å². The molecule has 1 saturated heterocycles. The molecular weight excluding hydrogens is 366 g/mol. The molecule has 0 aliphatic carbocycles. The Kier molecular flexibility index (Phi) is 5.95. The number of carbonyl (C=O) groups is 1. The molecule has 0 saturated carbocycles. The molecule has 0 unspecified atom stereocenters. The Balaban J connectivity index is 1.25. The third-order valence-corrected chi connectivity index (χ3v) is 5.21. The van der Waals surface area contributed by atoms with Crippen molar-refractivity contribution in [2.75, 3.05) is 26.2 Å². The lowest BCUT2D eigenvalue weighted by molar-refractivity contribution is -0.133. The molecule has 1 aromatic carbocycles. The summed E-state index contributed by atoms with van der Waals surface area (Å²) in [5, 5.41) is 4.10. The normalized spacial score (nSPS) is 14.9. The van der Waals surface area contributed by atoms with Gasteiger partial charge >= 0.3 is 0 Å². The quantitative estimate of drug-likeness (QED) is 0.643. The van der Waals surface area contributed by atoms with E-state index in [1.807, 2.05) is 47.5 Å². The van der Waals surface area contributed by atoms with E-state index in [9.17, 15) is 4.79 Å². The molecule has 2 aromatic heterocycles. The van der Waals surface area contributed by atoms with Gasteiger partial charge in [-0.1, -0.05) is 41.1 Å². The van der Waals surface area contributed by atoms with Crippen LogP contribution in [0.25, 0.3) is 11.4 Å². The van der Waals surface area contributed by atoms with Gasteiger partial charge in [-0.3, -0.25) is 14.7 Å². The minimum Gasteiger partial charge on any atom is -0.340 e. The molecule has 1 fully saturated rings. The van der Waals surface area contributed by atoms with Gasteiger partial charge in [0.1, 0.15) is 0 Å². The molecule has 0 radical (unpaired) electrons. The molecule has 0 N–H and O–H groups in total. The van der Waals surface area contributed by atoms with Crippen LogP contribution in [0.2, 0.25) is 0 Å². The first kappa shape index (κ1) is 19.3. The van der Waals surface area contributed by atoms with Crippen LogP contribution in [0.3, 0.4) is 0 Å². The zero-order valence-electron chi connectivity index (χ0n) is 16.6. The average molecular weight is 391 g/mol. The maximum absolute atomic E-state index is 12.5. The average Bonchev–Trinajstić information content (AvgIpc) is 3.22. The van der Waals surface area contributed by atoms with Crippen LogP contribution in [-0.4, -0.2) is 57.0 Å². The number of nitrogens with zero attached hydrogens (tertiary/aromatic N) is 5. The van der Waals surface area contributed by atoms with Crippen molar-refractivity contribution < 1.29 is 9.32 Å². The highest BCUT2D eigenvalue weighted by molar-refractivity contribution is 5.76. The van der Waals surface area contributed by atoms with Crippen LogP contribution >= 0.6 is 0 Å². The van der Waals surface area contributed by atoms with Crippen LogP contribution in [0, 0.1) is 6.92 Å². The van der Waals surface area contributed by atoms with E-state index < -0.39 is 0 Å². The number of benzene rings is 1. The van der Waals surface area contributed by atoms with E-state index >= 15 is 0 Å². The third kappa shape index (κ3) is 5.06.